The molecular weight excluding hydrogens is 252 g/mol. The van der Waals surface area contributed by atoms with Gasteiger partial charge in [0, 0.05) is 19.7 Å². The van der Waals surface area contributed by atoms with E-state index in [4.69, 9.17) is 4.74 Å². The van der Waals surface area contributed by atoms with Gasteiger partial charge in [-0.1, -0.05) is 30.3 Å². The van der Waals surface area contributed by atoms with Crippen molar-refractivity contribution in [3.05, 3.63) is 35.9 Å². The van der Waals surface area contributed by atoms with Crippen LogP contribution < -0.4 is 10.6 Å². The normalized spacial score (nSPS) is 19.8. The van der Waals surface area contributed by atoms with Gasteiger partial charge in [0.1, 0.15) is 0 Å². The SMILES string of the molecule is CC(OCCCNC(=O)C1CCNC1)c1ccccc1. The van der Waals surface area contributed by atoms with Crippen LogP contribution in [0, 0.1) is 5.92 Å². The predicted octanol–water partition coefficient (Wildman–Crippen LogP) is 1.88. The molecule has 0 saturated carbocycles. The highest BCUT2D eigenvalue weighted by atomic mass is 16.5. The first kappa shape index (κ1) is 15.0. The van der Waals surface area contributed by atoms with Gasteiger partial charge in [-0.25, -0.2) is 0 Å². The predicted molar refractivity (Wildman–Crippen MR) is 79.4 cm³/mol. The molecular formula is C16H24N2O2. The van der Waals surface area contributed by atoms with E-state index in [1.807, 2.05) is 18.2 Å². The Balaban J connectivity index is 1.56. The maximum atomic E-state index is 11.8. The minimum Gasteiger partial charge on any atom is -0.374 e. The molecule has 20 heavy (non-hydrogen) atoms. The van der Waals surface area contributed by atoms with Crippen molar-refractivity contribution in [2.75, 3.05) is 26.2 Å². The molecule has 1 fully saturated rings. The molecule has 1 amide bonds. The lowest BCUT2D eigenvalue weighted by molar-refractivity contribution is -0.124. The van der Waals surface area contributed by atoms with Crippen LogP contribution in [-0.2, 0) is 9.53 Å². The third-order valence-electron chi connectivity index (χ3n) is 3.69. The summed E-state index contributed by atoms with van der Waals surface area (Å²) in [5.74, 6) is 0.324. The smallest absolute Gasteiger partial charge is 0.224 e. The molecule has 2 rings (SSSR count). The second kappa shape index (κ2) is 8.02. The van der Waals surface area contributed by atoms with E-state index < -0.39 is 0 Å². The van der Waals surface area contributed by atoms with Crippen LogP contribution in [-0.4, -0.2) is 32.1 Å². The van der Waals surface area contributed by atoms with Gasteiger partial charge < -0.3 is 15.4 Å². The Labute approximate surface area is 120 Å². The Morgan fingerprint density at radius 1 is 1.45 bits per heavy atom. The molecule has 1 aliphatic heterocycles. The summed E-state index contributed by atoms with van der Waals surface area (Å²) >= 11 is 0. The largest absolute Gasteiger partial charge is 0.374 e. The van der Waals surface area contributed by atoms with E-state index in [0.717, 1.165) is 25.9 Å². The van der Waals surface area contributed by atoms with Crippen molar-refractivity contribution in [1.82, 2.24) is 10.6 Å². The number of rotatable bonds is 7. The first-order chi connectivity index (χ1) is 9.77. The molecule has 1 heterocycles. The second-order valence-corrected chi connectivity index (χ2v) is 5.26. The lowest BCUT2D eigenvalue weighted by Crippen LogP contribution is -2.33. The average Bonchev–Trinajstić information content (AvgIpc) is 3.01. The lowest BCUT2D eigenvalue weighted by atomic mass is 10.1. The zero-order valence-corrected chi connectivity index (χ0v) is 12.1. The number of hydrogen-bond donors (Lipinski definition) is 2. The van der Waals surface area contributed by atoms with Gasteiger partial charge in [0.05, 0.1) is 12.0 Å². The topological polar surface area (TPSA) is 50.4 Å². The Bertz CT molecular complexity index is 402. The summed E-state index contributed by atoms with van der Waals surface area (Å²) in [7, 11) is 0. The molecule has 0 aromatic heterocycles. The van der Waals surface area contributed by atoms with Gasteiger partial charge in [0.2, 0.25) is 5.91 Å². The molecule has 0 radical (unpaired) electrons. The highest BCUT2D eigenvalue weighted by molar-refractivity contribution is 5.79. The van der Waals surface area contributed by atoms with Crippen LogP contribution in [0.5, 0.6) is 0 Å². The van der Waals surface area contributed by atoms with Crippen LogP contribution >= 0.6 is 0 Å². The summed E-state index contributed by atoms with van der Waals surface area (Å²) in [6.45, 7) is 5.18. The van der Waals surface area contributed by atoms with E-state index in [-0.39, 0.29) is 17.9 Å². The average molecular weight is 276 g/mol. The first-order valence-corrected chi connectivity index (χ1v) is 7.42. The molecule has 4 nitrogen and oxygen atoms in total. The molecule has 2 atom stereocenters. The first-order valence-electron chi connectivity index (χ1n) is 7.42. The molecule has 1 aliphatic rings. The quantitative estimate of drug-likeness (QED) is 0.748. The summed E-state index contributed by atoms with van der Waals surface area (Å²) < 4.78 is 5.77. The fourth-order valence-corrected chi connectivity index (χ4v) is 2.39. The van der Waals surface area contributed by atoms with Crippen molar-refractivity contribution >= 4 is 5.91 Å². The monoisotopic (exact) mass is 276 g/mol. The Morgan fingerprint density at radius 3 is 2.95 bits per heavy atom. The molecule has 1 aromatic carbocycles. The third kappa shape index (κ3) is 4.62. The fraction of sp³-hybridized carbons (Fsp3) is 0.562. The summed E-state index contributed by atoms with van der Waals surface area (Å²) in [6.07, 6.45) is 1.90. The third-order valence-corrected chi connectivity index (χ3v) is 3.69. The Hall–Kier alpha value is -1.39. The van der Waals surface area contributed by atoms with Crippen LogP contribution in [0.4, 0.5) is 0 Å². The molecule has 0 spiro atoms. The Kier molecular flexibility index (Phi) is 6.02. The van der Waals surface area contributed by atoms with E-state index in [9.17, 15) is 4.79 Å². The number of carbonyl (C=O) groups is 1. The molecule has 0 aliphatic carbocycles. The van der Waals surface area contributed by atoms with Gasteiger partial charge in [-0.05, 0) is 31.9 Å². The van der Waals surface area contributed by atoms with Crippen LogP contribution in [0.15, 0.2) is 30.3 Å². The highest BCUT2D eigenvalue weighted by Gasteiger charge is 2.21. The molecule has 2 unspecified atom stereocenters. The second-order valence-electron chi connectivity index (χ2n) is 5.26. The van der Waals surface area contributed by atoms with E-state index >= 15 is 0 Å². The van der Waals surface area contributed by atoms with Gasteiger partial charge in [-0.3, -0.25) is 4.79 Å². The van der Waals surface area contributed by atoms with Crippen molar-refractivity contribution in [3.63, 3.8) is 0 Å². The maximum absolute atomic E-state index is 11.8. The van der Waals surface area contributed by atoms with E-state index in [0.29, 0.717) is 13.2 Å². The van der Waals surface area contributed by atoms with Crippen LogP contribution in [0.1, 0.15) is 31.4 Å². The van der Waals surface area contributed by atoms with Crippen LogP contribution in [0.3, 0.4) is 0 Å². The van der Waals surface area contributed by atoms with Gasteiger partial charge in [0.15, 0.2) is 0 Å². The number of benzene rings is 1. The van der Waals surface area contributed by atoms with Crippen molar-refractivity contribution in [2.24, 2.45) is 5.92 Å². The van der Waals surface area contributed by atoms with Gasteiger partial charge >= 0.3 is 0 Å². The molecule has 110 valence electrons. The zero-order valence-electron chi connectivity index (χ0n) is 12.1. The van der Waals surface area contributed by atoms with E-state index in [2.05, 4.69) is 29.7 Å². The van der Waals surface area contributed by atoms with E-state index in [1.165, 1.54) is 5.56 Å². The summed E-state index contributed by atoms with van der Waals surface area (Å²) in [4.78, 5) is 11.8. The number of amides is 1. The molecule has 1 aromatic rings. The number of ether oxygens (including phenoxy) is 1. The minimum absolute atomic E-state index is 0.103. The lowest BCUT2D eigenvalue weighted by Gasteiger charge is -2.14. The van der Waals surface area contributed by atoms with E-state index in [1.54, 1.807) is 0 Å². The Morgan fingerprint density at radius 2 is 2.25 bits per heavy atom. The summed E-state index contributed by atoms with van der Waals surface area (Å²) in [5.41, 5.74) is 1.19. The van der Waals surface area contributed by atoms with Crippen molar-refractivity contribution in [2.45, 2.75) is 25.9 Å². The summed E-state index contributed by atoms with van der Waals surface area (Å²) in [6, 6.07) is 10.2. The van der Waals surface area contributed by atoms with Crippen molar-refractivity contribution in [3.8, 4) is 0 Å². The number of hydrogen-bond acceptors (Lipinski definition) is 3. The van der Waals surface area contributed by atoms with Crippen molar-refractivity contribution < 1.29 is 9.53 Å². The molecule has 2 N–H and O–H groups in total. The van der Waals surface area contributed by atoms with Gasteiger partial charge in [0.25, 0.3) is 0 Å². The van der Waals surface area contributed by atoms with Crippen molar-refractivity contribution in [1.29, 1.82) is 0 Å². The van der Waals surface area contributed by atoms with Gasteiger partial charge in [-0.2, -0.15) is 0 Å². The maximum Gasteiger partial charge on any atom is 0.224 e. The highest BCUT2D eigenvalue weighted by Crippen LogP contribution is 2.15. The number of nitrogens with one attached hydrogen (secondary N) is 2. The van der Waals surface area contributed by atoms with Gasteiger partial charge in [-0.15, -0.1) is 0 Å². The fourth-order valence-electron chi connectivity index (χ4n) is 2.39. The standard InChI is InChI=1S/C16H24N2O2/c1-13(14-6-3-2-4-7-14)20-11-5-9-18-16(19)15-8-10-17-12-15/h2-4,6-7,13,15,17H,5,8-12H2,1H3,(H,18,19). The molecule has 1 saturated heterocycles. The van der Waals surface area contributed by atoms with Crippen LogP contribution in [0.2, 0.25) is 0 Å². The minimum atomic E-state index is 0.103. The zero-order chi connectivity index (χ0) is 14.2. The number of carbonyl (C=O) groups excluding carboxylic acids is 1. The molecule has 4 heteroatoms. The molecule has 0 bridgehead atoms. The summed E-state index contributed by atoms with van der Waals surface area (Å²) in [5, 5.41) is 6.18. The van der Waals surface area contributed by atoms with Crippen LogP contribution in [0.25, 0.3) is 0 Å².